The molecule has 0 unspecified atom stereocenters. The van der Waals surface area contributed by atoms with Crippen LogP contribution in [0.4, 0.5) is 11.4 Å². The Hall–Kier alpha value is -2.13. The summed E-state index contributed by atoms with van der Waals surface area (Å²) in [6.45, 7) is 9.71. The van der Waals surface area contributed by atoms with Gasteiger partial charge in [0.2, 0.25) is 21.8 Å². The first-order chi connectivity index (χ1) is 15.0. The molecule has 2 aliphatic rings. The minimum absolute atomic E-state index is 0.00930. The van der Waals surface area contributed by atoms with Gasteiger partial charge in [0.1, 0.15) is 0 Å². The Morgan fingerprint density at radius 2 is 1.50 bits per heavy atom. The first-order valence-corrected chi connectivity index (χ1v) is 12.9. The van der Waals surface area contributed by atoms with Crippen molar-refractivity contribution < 1.29 is 18.0 Å². The van der Waals surface area contributed by atoms with Crippen LogP contribution in [0, 0.1) is 5.92 Å². The number of anilines is 2. The molecule has 2 amide bonds. The summed E-state index contributed by atoms with van der Waals surface area (Å²) in [7, 11) is -3.38. The van der Waals surface area contributed by atoms with E-state index in [1.54, 1.807) is 27.7 Å². The molecule has 1 aliphatic carbocycles. The molecule has 32 heavy (non-hydrogen) atoms. The summed E-state index contributed by atoms with van der Waals surface area (Å²) in [5.74, 6) is -0.00183. The number of amides is 2. The van der Waals surface area contributed by atoms with Crippen LogP contribution in [0.5, 0.6) is 0 Å². The average Bonchev–Trinajstić information content (AvgIpc) is 2.74. The number of rotatable bonds is 5. The van der Waals surface area contributed by atoms with Gasteiger partial charge in [0, 0.05) is 56.4 Å². The van der Waals surface area contributed by atoms with Crippen molar-refractivity contribution in [1.82, 2.24) is 9.62 Å². The molecule has 0 aromatic heterocycles. The summed E-state index contributed by atoms with van der Waals surface area (Å²) >= 11 is 0. The van der Waals surface area contributed by atoms with E-state index < -0.39 is 14.8 Å². The zero-order valence-corrected chi connectivity index (χ0v) is 20.4. The highest BCUT2D eigenvalue weighted by Gasteiger charge is 2.34. The van der Waals surface area contributed by atoms with Gasteiger partial charge in [-0.05, 0) is 70.7 Å². The maximum absolute atomic E-state index is 12.7. The van der Waals surface area contributed by atoms with E-state index in [0.29, 0.717) is 25.7 Å². The van der Waals surface area contributed by atoms with Gasteiger partial charge in [-0.15, -0.1) is 0 Å². The van der Waals surface area contributed by atoms with E-state index >= 15 is 0 Å². The molecule has 1 heterocycles. The summed E-state index contributed by atoms with van der Waals surface area (Å²) in [5.41, 5.74) is 1.84. The third kappa shape index (κ3) is 6.01. The van der Waals surface area contributed by atoms with Crippen molar-refractivity contribution >= 4 is 33.2 Å². The lowest BCUT2D eigenvalue weighted by Gasteiger charge is -2.35. The van der Waals surface area contributed by atoms with Gasteiger partial charge in [-0.25, -0.2) is 13.1 Å². The van der Waals surface area contributed by atoms with Gasteiger partial charge < -0.3 is 15.1 Å². The first kappa shape index (κ1) is 24.5. The van der Waals surface area contributed by atoms with Crippen LogP contribution in [0.3, 0.4) is 0 Å². The van der Waals surface area contributed by atoms with Crippen LogP contribution in [0.1, 0.15) is 53.4 Å². The van der Waals surface area contributed by atoms with Crippen LogP contribution < -0.4 is 14.9 Å². The quantitative estimate of drug-likeness (QED) is 0.698. The predicted octanol–water partition coefficient (Wildman–Crippen LogP) is 2.57. The molecule has 2 fully saturated rings. The second-order valence-corrected chi connectivity index (χ2v) is 12.3. The molecule has 2 N–H and O–H groups in total. The Bertz CT molecular complexity index is 908. The molecule has 8 nitrogen and oxygen atoms in total. The number of carbonyl (C=O) groups excluding carboxylic acids is 2. The van der Waals surface area contributed by atoms with Crippen molar-refractivity contribution in [3.63, 3.8) is 0 Å². The van der Waals surface area contributed by atoms with E-state index in [1.165, 1.54) is 0 Å². The van der Waals surface area contributed by atoms with Gasteiger partial charge in [0.05, 0.1) is 4.75 Å². The highest BCUT2D eigenvalue weighted by molar-refractivity contribution is 7.90. The van der Waals surface area contributed by atoms with Crippen LogP contribution in [-0.2, 0) is 19.6 Å². The zero-order valence-electron chi connectivity index (χ0n) is 19.6. The standard InChI is InChI=1S/C23H36N4O4S/c1-17(28)26-13-15-27(16-14-26)21-11-9-19(10-12-21)24-22(29)18-5-7-20(8-6-18)25-32(30,31)23(2,3)4/h9-12,18,20,25H,5-8,13-16H2,1-4H3,(H,24,29). The minimum Gasteiger partial charge on any atom is -0.368 e. The number of benzene rings is 1. The van der Waals surface area contributed by atoms with Gasteiger partial charge >= 0.3 is 0 Å². The van der Waals surface area contributed by atoms with Gasteiger partial charge in [-0.2, -0.15) is 0 Å². The van der Waals surface area contributed by atoms with E-state index in [9.17, 15) is 18.0 Å². The summed E-state index contributed by atoms with van der Waals surface area (Å²) in [6, 6.07) is 7.71. The molecule has 3 rings (SSSR count). The van der Waals surface area contributed by atoms with Crippen molar-refractivity contribution in [3.8, 4) is 0 Å². The fourth-order valence-electron chi connectivity index (χ4n) is 4.15. The van der Waals surface area contributed by atoms with E-state index in [1.807, 2.05) is 29.2 Å². The summed E-state index contributed by atoms with van der Waals surface area (Å²) < 4.78 is 26.7. The summed E-state index contributed by atoms with van der Waals surface area (Å²) in [5, 5.41) is 3.00. The van der Waals surface area contributed by atoms with Gasteiger partial charge in [0.25, 0.3) is 0 Å². The topological polar surface area (TPSA) is 98.8 Å². The van der Waals surface area contributed by atoms with Crippen molar-refractivity contribution in [3.05, 3.63) is 24.3 Å². The third-order valence-corrected chi connectivity index (χ3v) is 8.71. The van der Waals surface area contributed by atoms with E-state index in [0.717, 1.165) is 37.6 Å². The Balaban J connectivity index is 1.47. The third-order valence-electron chi connectivity index (χ3n) is 6.45. The minimum atomic E-state index is -3.38. The molecule has 1 aliphatic heterocycles. The predicted molar refractivity (Wildman–Crippen MR) is 127 cm³/mol. The highest BCUT2D eigenvalue weighted by atomic mass is 32.2. The number of nitrogens with zero attached hydrogens (tertiary/aromatic N) is 2. The second-order valence-electron chi connectivity index (χ2n) is 9.81. The lowest BCUT2D eigenvalue weighted by Crippen LogP contribution is -2.48. The van der Waals surface area contributed by atoms with Gasteiger partial charge in [-0.3, -0.25) is 9.59 Å². The summed E-state index contributed by atoms with van der Waals surface area (Å²) in [4.78, 5) is 28.3. The fraction of sp³-hybridized carbons (Fsp3) is 0.652. The normalized spacial score (nSPS) is 22.5. The lowest BCUT2D eigenvalue weighted by atomic mass is 9.86. The molecule has 178 valence electrons. The van der Waals surface area contributed by atoms with Crippen LogP contribution >= 0.6 is 0 Å². The largest absolute Gasteiger partial charge is 0.368 e. The monoisotopic (exact) mass is 464 g/mol. The maximum Gasteiger partial charge on any atom is 0.227 e. The second kappa shape index (κ2) is 9.79. The fourth-order valence-corrected chi connectivity index (χ4v) is 5.18. The Morgan fingerprint density at radius 1 is 0.938 bits per heavy atom. The smallest absolute Gasteiger partial charge is 0.227 e. The van der Waals surface area contributed by atoms with Gasteiger partial charge in [0.15, 0.2) is 0 Å². The average molecular weight is 465 g/mol. The summed E-state index contributed by atoms with van der Waals surface area (Å²) in [6.07, 6.45) is 2.67. The molecular formula is C23H36N4O4S. The van der Waals surface area contributed by atoms with E-state index in [4.69, 9.17) is 0 Å². The number of sulfonamides is 1. The Labute approximate surface area is 191 Å². The molecule has 0 bridgehead atoms. The lowest BCUT2D eigenvalue weighted by molar-refractivity contribution is -0.129. The van der Waals surface area contributed by atoms with Crippen molar-refractivity contribution in [1.29, 1.82) is 0 Å². The Morgan fingerprint density at radius 3 is 2.00 bits per heavy atom. The number of carbonyl (C=O) groups is 2. The van der Waals surface area contributed by atoms with Gasteiger partial charge in [-0.1, -0.05) is 0 Å². The molecule has 0 radical (unpaired) electrons. The molecule has 1 saturated carbocycles. The molecule has 9 heteroatoms. The molecule has 1 aromatic rings. The van der Waals surface area contributed by atoms with Crippen molar-refractivity contribution in [2.75, 3.05) is 36.4 Å². The van der Waals surface area contributed by atoms with Crippen LogP contribution in [0.2, 0.25) is 0 Å². The molecule has 0 spiro atoms. The number of hydrogen-bond donors (Lipinski definition) is 2. The zero-order chi connectivity index (χ0) is 23.5. The van der Waals surface area contributed by atoms with Crippen LogP contribution in [-0.4, -0.2) is 62.1 Å². The molecule has 1 saturated heterocycles. The molecular weight excluding hydrogens is 428 g/mol. The SMILES string of the molecule is CC(=O)N1CCN(c2ccc(NC(=O)C3CCC(NS(=O)(=O)C(C)(C)C)CC3)cc2)CC1. The number of piperazine rings is 1. The number of hydrogen-bond acceptors (Lipinski definition) is 5. The molecule has 0 atom stereocenters. The van der Waals surface area contributed by atoms with Crippen molar-refractivity contribution in [2.24, 2.45) is 5.92 Å². The first-order valence-electron chi connectivity index (χ1n) is 11.4. The van der Waals surface area contributed by atoms with E-state index in [-0.39, 0.29) is 23.8 Å². The van der Waals surface area contributed by atoms with Crippen LogP contribution in [0.15, 0.2) is 24.3 Å². The maximum atomic E-state index is 12.7. The Kier molecular flexibility index (Phi) is 7.50. The molecule has 1 aromatic carbocycles. The van der Waals surface area contributed by atoms with Crippen LogP contribution in [0.25, 0.3) is 0 Å². The highest BCUT2D eigenvalue weighted by Crippen LogP contribution is 2.28. The van der Waals surface area contributed by atoms with Crippen molar-refractivity contribution in [2.45, 2.75) is 64.2 Å². The van der Waals surface area contributed by atoms with E-state index in [2.05, 4.69) is 14.9 Å². The number of nitrogens with one attached hydrogen (secondary N) is 2.